The Morgan fingerprint density at radius 1 is 1.50 bits per heavy atom. The average molecular weight is 256 g/mol. The third-order valence-electron chi connectivity index (χ3n) is 2.36. The van der Waals surface area contributed by atoms with Crippen LogP contribution < -0.4 is 5.73 Å². The minimum atomic E-state index is 0.603. The summed E-state index contributed by atoms with van der Waals surface area (Å²) in [6.07, 6.45) is 14.9. The molecule has 0 aromatic carbocycles. The molecule has 78 valence electrons. The molecular weight excluding hydrogens is 238 g/mol. The molecule has 0 fully saturated rings. The zero-order valence-electron chi connectivity index (χ0n) is 8.51. The fraction of sp³-hybridized carbons (Fsp3) is 0.500. The molecule has 1 aliphatic rings. The van der Waals surface area contributed by atoms with E-state index in [4.69, 9.17) is 5.73 Å². The first kappa shape index (κ1) is 11.7. The third kappa shape index (κ3) is 4.77. The zero-order chi connectivity index (χ0) is 10.2. The lowest BCUT2D eigenvalue weighted by Crippen LogP contribution is -1.92. The topological polar surface area (TPSA) is 26.0 Å². The van der Waals surface area contributed by atoms with Gasteiger partial charge in [-0.05, 0) is 32.1 Å². The SMILES string of the molecule is NC/C=C\C(Br)=C/CC1=CCCCC1. The van der Waals surface area contributed by atoms with Gasteiger partial charge in [-0.2, -0.15) is 0 Å². The molecule has 0 radical (unpaired) electrons. The second-order valence-electron chi connectivity index (χ2n) is 3.54. The quantitative estimate of drug-likeness (QED) is 0.602. The van der Waals surface area contributed by atoms with Crippen LogP contribution in [0.15, 0.2) is 34.4 Å². The maximum absolute atomic E-state index is 5.37. The Labute approximate surface area is 94.9 Å². The van der Waals surface area contributed by atoms with Gasteiger partial charge in [-0.3, -0.25) is 0 Å². The normalized spacial score (nSPS) is 18.7. The molecule has 2 N–H and O–H groups in total. The van der Waals surface area contributed by atoms with Crippen LogP contribution in [0, 0.1) is 0 Å². The second-order valence-corrected chi connectivity index (χ2v) is 4.46. The molecule has 1 rings (SSSR count). The molecule has 0 saturated heterocycles. The Bertz CT molecular complexity index is 251. The van der Waals surface area contributed by atoms with Gasteiger partial charge in [0.1, 0.15) is 0 Å². The van der Waals surface area contributed by atoms with Gasteiger partial charge in [0.05, 0.1) is 0 Å². The molecule has 0 aliphatic heterocycles. The van der Waals surface area contributed by atoms with E-state index in [0.29, 0.717) is 6.54 Å². The van der Waals surface area contributed by atoms with Crippen LogP contribution in [-0.4, -0.2) is 6.54 Å². The summed E-state index contributed by atoms with van der Waals surface area (Å²) in [5, 5.41) is 0. The molecule has 0 atom stereocenters. The Morgan fingerprint density at radius 3 is 3.00 bits per heavy atom. The molecule has 2 heteroatoms. The van der Waals surface area contributed by atoms with Gasteiger partial charge >= 0.3 is 0 Å². The average Bonchev–Trinajstić information content (AvgIpc) is 2.25. The van der Waals surface area contributed by atoms with Crippen molar-refractivity contribution in [3.8, 4) is 0 Å². The van der Waals surface area contributed by atoms with E-state index >= 15 is 0 Å². The molecule has 0 spiro atoms. The van der Waals surface area contributed by atoms with Crippen LogP contribution in [-0.2, 0) is 0 Å². The summed E-state index contributed by atoms with van der Waals surface area (Å²) in [4.78, 5) is 0. The van der Waals surface area contributed by atoms with Gasteiger partial charge < -0.3 is 5.73 Å². The molecule has 0 saturated carbocycles. The van der Waals surface area contributed by atoms with E-state index in [1.54, 1.807) is 5.57 Å². The van der Waals surface area contributed by atoms with Gasteiger partial charge in [0.15, 0.2) is 0 Å². The van der Waals surface area contributed by atoms with Gasteiger partial charge in [-0.1, -0.05) is 45.8 Å². The first-order chi connectivity index (χ1) is 6.83. The molecule has 0 heterocycles. The smallest absolute Gasteiger partial charge is 0.0135 e. The number of rotatable bonds is 4. The molecule has 0 bridgehead atoms. The van der Waals surface area contributed by atoms with Crippen molar-refractivity contribution in [3.05, 3.63) is 34.4 Å². The molecule has 0 unspecified atom stereocenters. The summed E-state index contributed by atoms with van der Waals surface area (Å²) in [6, 6.07) is 0. The van der Waals surface area contributed by atoms with Gasteiger partial charge in [0.2, 0.25) is 0 Å². The maximum atomic E-state index is 5.37. The molecule has 1 nitrogen and oxygen atoms in total. The second kappa shape index (κ2) is 7.02. The van der Waals surface area contributed by atoms with Crippen molar-refractivity contribution in [3.63, 3.8) is 0 Å². The Morgan fingerprint density at radius 2 is 2.36 bits per heavy atom. The van der Waals surface area contributed by atoms with Crippen LogP contribution in [0.5, 0.6) is 0 Å². The van der Waals surface area contributed by atoms with Crippen molar-refractivity contribution in [2.45, 2.75) is 32.1 Å². The minimum Gasteiger partial charge on any atom is -0.327 e. The first-order valence-electron chi connectivity index (χ1n) is 5.23. The molecular formula is C12H18BrN. The predicted octanol–water partition coefficient (Wildman–Crippen LogP) is 3.67. The Hall–Kier alpha value is -0.340. The summed E-state index contributed by atoms with van der Waals surface area (Å²) in [5.41, 5.74) is 6.95. The zero-order valence-corrected chi connectivity index (χ0v) is 10.1. The predicted molar refractivity (Wildman–Crippen MR) is 66.4 cm³/mol. The number of hydrogen-bond donors (Lipinski definition) is 1. The van der Waals surface area contributed by atoms with Crippen LogP contribution >= 0.6 is 15.9 Å². The number of allylic oxidation sites excluding steroid dienone is 5. The summed E-state index contributed by atoms with van der Waals surface area (Å²) in [6.45, 7) is 0.603. The van der Waals surface area contributed by atoms with Crippen LogP contribution in [0.3, 0.4) is 0 Å². The van der Waals surface area contributed by atoms with Crippen molar-refractivity contribution < 1.29 is 0 Å². The van der Waals surface area contributed by atoms with Crippen molar-refractivity contribution in [1.29, 1.82) is 0 Å². The molecule has 1 aliphatic carbocycles. The van der Waals surface area contributed by atoms with Gasteiger partial charge in [-0.15, -0.1) is 0 Å². The maximum Gasteiger partial charge on any atom is 0.0135 e. The largest absolute Gasteiger partial charge is 0.327 e. The van der Waals surface area contributed by atoms with E-state index in [0.717, 1.165) is 10.9 Å². The van der Waals surface area contributed by atoms with Crippen LogP contribution in [0.25, 0.3) is 0 Å². The first-order valence-corrected chi connectivity index (χ1v) is 6.02. The van der Waals surface area contributed by atoms with E-state index < -0.39 is 0 Å². The summed E-state index contributed by atoms with van der Waals surface area (Å²) in [7, 11) is 0. The standard InChI is InChI=1S/C12H18BrN/c13-12(7-4-10-14)9-8-11-5-2-1-3-6-11/h4-5,7,9H,1-3,6,8,10,14H2/b7-4-,12-9+. The lowest BCUT2D eigenvalue weighted by atomic mass is 9.97. The number of hydrogen-bond acceptors (Lipinski definition) is 1. The van der Waals surface area contributed by atoms with E-state index in [1.807, 2.05) is 12.2 Å². The molecule has 14 heavy (non-hydrogen) atoms. The van der Waals surface area contributed by atoms with Gasteiger partial charge in [0.25, 0.3) is 0 Å². The summed E-state index contributed by atoms with van der Waals surface area (Å²) in [5.74, 6) is 0. The highest BCUT2D eigenvalue weighted by atomic mass is 79.9. The number of nitrogens with two attached hydrogens (primary N) is 1. The van der Waals surface area contributed by atoms with Crippen LogP contribution in [0.1, 0.15) is 32.1 Å². The van der Waals surface area contributed by atoms with E-state index in [-0.39, 0.29) is 0 Å². The highest BCUT2D eigenvalue weighted by molar-refractivity contribution is 9.11. The van der Waals surface area contributed by atoms with Crippen LogP contribution in [0.2, 0.25) is 0 Å². The lowest BCUT2D eigenvalue weighted by Gasteiger charge is -2.10. The molecule has 0 aromatic rings. The van der Waals surface area contributed by atoms with Crippen molar-refractivity contribution in [1.82, 2.24) is 0 Å². The molecule has 0 aromatic heterocycles. The van der Waals surface area contributed by atoms with Crippen LogP contribution in [0.4, 0.5) is 0 Å². The van der Waals surface area contributed by atoms with E-state index in [9.17, 15) is 0 Å². The van der Waals surface area contributed by atoms with E-state index in [2.05, 4.69) is 28.1 Å². The third-order valence-corrected chi connectivity index (χ3v) is 2.95. The molecule has 0 amide bonds. The van der Waals surface area contributed by atoms with Crippen molar-refractivity contribution in [2.75, 3.05) is 6.54 Å². The Balaban J connectivity index is 2.37. The monoisotopic (exact) mass is 255 g/mol. The summed E-state index contributed by atoms with van der Waals surface area (Å²) >= 11 is 3.50. The lowest BCUT2D eigenvalue weighted by molar-refractivity contribution is 0.691. The van der Waals surface area contributed by atoms with Gasteiger partial charge in [-0.25, -0.2) is 0 Å². The fourth-order valence-electron chi connectivity index (χ4n) is 1.57. The highest BCUT2D eigenvalue weighted by Crippen LogP contribution is 2.21. The van der Waals surface area contributed by atoms with Crippen molar-refractivity contribution >= 4 is 15.9 Å². The van der Waals surface area contributed by atoms with E-state index in [1.165, 1.54) is 25.7 Å². The highest BCUT2D eigenvalue weighted by Gasteiger charge is 2.01. The Kier molecular flexibility index (Phi) is 5.88. The van der Waals surface area contributed by atoms with Gasteiger partial charge in [0, 0.05) is 11.0 Å². The minimum absolute atomic E-state index is 0.603. The van der Waals surface area contributed by atoms with Crippen molar-refractivity contribution in [2.24, 2.45) is 5.73 Å². The number of halogens is 1. The fourth-order valence-corrected chi connectivity index (χ4v) is 1.92. The summed E-state index contributed by atoms with van der Waals surface area (Å²) < 4.78 is 1.13.